The summed E-state index contributed by atoms with van der Waals surface area (Å²) in [6, 6.07) is 10.0. The number of aromatic nitrogens is 4. The Balaban J connectivity index is 1.44. The number of halogens is 2. The molecular weight excluding hydrogens is 429 g/mol. The molecule has 10 heteroatoms. The molecule has 0 fully saturated rings. The Kier molecular flexibility index (Phi) is 8.30. The SMILES string of the molecule is COc1cc(CNCCCSc2nnnn2C)ccc1OCc1ccc(F)cc1Cl. The largest absolute Gasteiger partial charge is 0.493 e. The van der Waals surface area contributed by atoms with Crippen molar-refractivity contribution >= 4 is 23.4 Å². The maximum Gasteiger partial charge on any atom is 0.209 e. The van der Waals surface area contributed by atoms with E-state index in [0.717, 1.165) is 36.0 Å². The van der Waals surface area contributed by atoms with Gasteiger partial charge in [0.15, 0.2) is 11.5 Å². The van der Waals surface area contributed by atoms with Gasteiger partial charge < -0.3 is 14.8 Å². The van der Waals surface area contributed by atoms with Crippen LogP contribution in [0.3, 0.4) is 0 Å². The van der Waals surface area contributed by atoms with Crippen LogP contribution in [0.5, 0.6) is 11.5 Å². The van der Waals surface area contributed by atoms with Gasteiger partial charge in [0.2, 0.25) is 5.16 Å². The number of thioether (sulfide) groups is 1. The second-order valence-corrected chi connectivity index (χ2v) is 7.94. The topological polar surface area (TPSA) is 74.1 Å². The van der Waals surface area contributed by atoms with E-state index < -0.39 is 0 Å². The number of methoxy groups -OCH3 is 1. The molecule has 0 bridgehead atoms. The van der Waals surface area contributed by atoms with Gasteiger partial charge in [0.25, 0.3) is 0 Å². The van der Waals surface area contributed by atoms with Crippen molar-refractivity contribution in [2.24, 2.45) is 7.05 Å². The third-order valence-corrected chi connectivity index (χ3v) is 5.71. The highest BCUT2D eigenvalue weighted by Gasteiger charge is 2.09. The summed E-state index contributed by atoms with van der Waals surface area (Å²) in [5.41, 5.74) is 1.80. The fourth-order valence-electron chi connectivity index (χ4n) is 2.67. The van der Waals surface area contributed by atoms with Crippen LogP contribution in [-0.2, 0) is 20.2 Å². The summed E-state index contributed by atoms with van der Waals surface area (Å²) in [5, 5.41) is 15.9. The highest BCUT2D eigenvalue weighted by molar-refractivity contribution is 7.99. The second-order valence-electron chi connectivity index (χ2n) is 6.47. The zero-order valence-corrected chi connectivity index (χ0v) is 18.3. The van der Waals surface area contributed by atoms with E-state index >= 15 is 0 Å². The number of nitrogens with zero attached hydrogens (tertiary/aromatic N) is 4. The lowest BCUT2D eigenvalue weighted by molar-refractivity contribution is 0.284. The van der Waals surface area contributed by atoms with Gasteiger partial charge in [-0.3, -0.25) is 0 Å². The summed E-state index contributed by atoms with van der Waals surface area (Å²) >= 11 is 7.69. The first-order chi connectivity index (χ1) is 14.6. The predicted octanol–water partition coefficient (Wildman–Crippen LogP) is 3.86. The first-order valence-corrected chi connectivity index (χ1v) is 10.7. The number of tetrazole rings is 1. The van der Waals surface area contributed by atoms with Crippen LogP contribution >= 0.6 is 23.4 Å². The summed E-state index contributed by atoms with van der Waals surface area (Å²) in [5.74, 6) is 1.80. The maximum absolute atomic E-state index is 13.2. The molecule has 1 aromatic heterocycles. The molecule has 0 radical (unpaired) electrons. The molecule has 1 N–H and O–H groups in total. The average molecular weight is 452 g/mol. The van der Waals surface area contributed by atoms with Gasteiger partial charge in [-0.2, -0.15) is 0 Å². The van der Waals surface area contributed by atoms with Crippen LogP contribution in [0.15, 0.2) is 41.6 Å². The summed E-state index contributed by atoms with van der Waals surface area (Å²) in [6.07, 6.45) is 0.994. The number of ether oxygens (including phenoxy) is 2. The first kappa shape index (κ1) is 22.3. The second kappa shape index (κ2) is 11.1. The Morgan fingerprint density at radius 3 is 2.80 bits per heavy atom. The summed E-state index contributed by atoms with van der Waals surface area (Å²) in [4.78, 5) is 0. The Bertz CT molecular complexity index is 972. The summed E-state index contributed by atoms with van der Waals surface area (Å²) in [7, 11) is 3.43. The molecule has 0 aliphatic heterocycles. The standard InChI is InChI=1S/C20H23ClFN5O2S/c1-27-20(24-25-26-27)30-9-3-8-23-12-14-4-7-18(19(10-14)28-2)29-13-15-5-6-16(22)11-17(15)21/h4-7,10-11,23H,3,8-9,12-13H2,1-2H3. The maximum atomic E-state index is 13.2. The van der Waals surface area contributed by atoms with E-state index in [1.54, 1.807) is 29.6 Å². The Morgan fingerprint density at radius 2 is 2.07 bits per heavy atom. The van der Waals surface area contributed by atoms with Crippen LogP contribution in [0.2, 0.25) is 5.02 Å². The van der Waals surface area contributed by atoms with Crippen LogP contribution in [0, 0.1) is 5.82 Å². The van der Waals surface area contributed by atoms with Crippen molar-refractivity contribution in [2.45, 2.75) is 24.7 Å². The van der Waals surface area contributed by atoms with E-state index in [2.05, 4.69) is 20.8 Å². The molecule has 0 aliphatic rings. The normalized spacial score (nSPS) is 10.9. The van der Waals surface area contributed by atoms with Crippen LogP contribution in [-0.4, -0.2) is 39.6 Å². The number of aryl methyl sites for hydroxylation is 1. The summed E-state index contributed by atoms with van der Waals surface area (Å²) in [6.45, 7) is 1.82. The van der Waals surface area contributed by atoms with E-state index in [4.69, 9.17) is 21.1 Å². The minimum atomic E-state index is -0.373. The van der Waals surface area contributed by atoms with Crippen molar-refractivity contribution in [2.75, 3.05) is 19.4 Å². The molecule has 0 spiro atoms. The molecule has 1 heterocycles. The zero-order chi connectivity index (χ0) is 21.3. The van der Waals surface area contributed by atoms with Crippen LogP contribution < -0.4 is 14.8 Å². The molecule has 0 saturated heterocycles. The van der Waals surface area contributed by atoms with Gasteiger partial charge in [-0.05, 0) is 53.2 Å². The summed E-state index contributed by atoms with van der Waals surface area (Å²) < 4.78 is 26.1. The number of benzene rings is 2. The minimum absolute atomic E-state index is 0.228. The number of hydrogen-bond acceptors (Lipinski definition) is 7. The van der Waals surface area contributed by atoms with Gasteiger partial charge in [0.05, 0.1) is 12.1 Å². The molecule has 3 rings (SSSR count). The number of hydrogen-bond donors (Lipinski definition) is 1. The van der Waals surface area contributed by atoms with E-state index in [9.17, 15) is 4.39 Å². The lowest BCUT2D eigenvalue weighted by Gasteiger charge is -2.13. The Labute approximate surface area is 183 Å². The molecule has 0 aliphatic carbocycles. The molecule has 30 heavy (non-hydrogen) atoms. The van der Waals surface area contributed by atoms with Gasteiger partial charge in [0.1, 0.15) is 12.4 Å². The van der Waals surface area contributed by atoms with Gasteiger partial charge in [0, 0.05) is 24.9 Å². The van der Waals surface area contributed by atoms with Crippen molar-refractivity contribution in [3.63, 3.8) is 0 Å². The van der Waals surface area contributed by atoms with Gasteiger partial charge >= 0.3 is 0 Å². The fraction of sp³-hybridized carbons (Fsp3) is 0.350. The van der Waals surface area contributed by atoms with Crippen LogP contribution in [0.25, 0.3) is 0 Å². The van der Waals surface area contributed by atoms with Crippen molar-refractivity contribution in [1.29, 1.82) is 0 Å². The molecule has 0 amide bonds. The highest BCUT2D eigenvalue weighted by atomic mass is 35.5. The molecule has 160 valence electrons. The first-order valence-electron chi connectivity index (χ1n) is 9.36. The third-order valence-electron chi connectivity index (χ3n) is 4.27. The van der Waals surface area contributed by atoms with Crippen molar-refractivity contribution < 1.29 is 13.9 Å². The van der Waals surface area contributed by atoms with E-state index in [0.29, 0.717) is 22.1 Å². The Morgan fingerprint density at radius 1 is 1.20 bits per heavy atom. The van der Waals surface area contributed by atoms with E-state index in [1.165, 1.54) is 12.1 Å². The van der Waals surface area contributed by atoms with Crippen molar-refractivity contribution in [3.05, 3.63) is 58.4 Å². The lowest BCUT2D eigenvalue weighted by Crippen LogP contribution is -2.15. The zero-order valence-electron chi connectivity index (χ0n) is 16.8. The molecular formula is C20H23ClFN5O2S. The van der Waals surface area contributed by atoms with Crippen LogP contribution in [0.4, 0.5) is 4.39 Å². The van der Waals surface area contributed by atoms with E-state index in [-0.39, 0.29) is 12.4 Å². The number of nitrogens with one attached hydrogen (secondary N) is 1. The lowest BCUT2D eigenvalue weighted by atomic mass is 10.2. The Hall–Kier alpha value is -2.36. The predicted molar refractivity (Wildman–Crippen MR) is 115 cm³/mol. The fourth-order valence-corrected chi connectivity index (χ4v) is 3.68. The average Bonchev–Trinajstić information content (AvgIpc) is 3.15. The quantitative estimate of drug-likeness (QED) is 0.350. The van der Waals surface area contributed by atoms with E-state index in [1.807, 2.05) is 25.2 Å². The van der Waals surface area contributed by atoms with Gasteiger partial charge in [-0.1, -0.05) is 35.5 Å². The molecule has 0 atom stereocenters. The monoisotopic (exact) mass is 451 g/mol. The minimum Gasteiger partial charge on any atom is -0.493 e. The smallest absolute Gasteiger partial charge is 0.209 e. The molecule has 3 aromatic rings. The molecule has 0 saturated carbocycles. The van der Waals surface area contributed by atoms with Gasteiger partial charge in [-0.15, -0.1) is 5.10 Å². The highest BCUT2D eigenvalue weighted by Crippen LogP contribution is 2.29. The van der Waals surface area contributed by atoms with Crippen molar-refractivity contribution in [1.82, 2.24) is 25.5 Å². The van der Waals surface area contributed by atoms with Gasteiger partial charge in [-0.25, -0.2) is 9.07 Å². The molecule has 0 unspecified atom stereocenters. The van der Waals surface area contributed by atoms with Crippen molar-refractivity contribution in [3.8, 4) is 11.5 Å². The molecule has 2 aromatic carbocycles. The number of rotatable bonds is 11. The van der Waals surface area contributed by atoms with Crippen LogP contribution in [0.1, 0.15) is 17.5 Å². The molecule has 7 nitrogen and oxygen atoms in total. The third kappa shape index (κ3) is 6.32.